The molecule has 0 radical (unpaired) electrons. The number of carbonyl (C=O) groups excluding carboxylic acids is 1. The molecule has 4 nitrogen and oxygen atoms in total. The summed E-state index contributed by atoms with van der Waals surface area (Å²) in [6, 6.07) is 20.2. The standard InChI is InChI=1S/C24H24ClN3O/c1-3-28-22-12-11-18(25)15-20(22)16(2)23(28)24(29)27-14-13-26-21-10-6-8-17-7-4-5-9-19(17)21/h4-12,15,26H,3,13-14H2,1-2H3,(H,27,29). The molecule has 2 N–H and O–H groups in total. The number of aromatic nitrogens is 1. The molecular weight excluding hydrogens is 382 g/mol. The van der Waals surface area contributed by atoms with Crippen LogP contribution < -0.4 is 10.6 Å². The van der Waals surface area contributed by atoms with Gasteiger partial charge in [-0.3, -0.25) is 4.79 Å². The van der Waals surface area contributed by atoms with E-state index in [0.717, 1.165) is 28.7 Å². The van der Waals surface area contributed by atoms with Crippen LogP contribution in [-0.4, -0.2) is 23.6 Å². The average Bonchev–Trinajstić information content (AvgIpc) is 3.02. The van der Waals surface area contributed by atoms with E-state index in [-0.39, 0.29) is 5.91 Å². The van der Waals surface area contributed by atoms with Crippen molar-refractivity contribution in [2.75, 3.05) is 18.4 Å². The van der Waals surface area contributed by atoms with Gasteiger partial charge in [-0.2, -0.15) is 0 Å². The van der Waals surface area contributed by atoms with Gasteiger partial charge in [0.25, 0.3) is 5.91 Å². The SMILES string of the molecule is CCn1c(C(=O)NCCNc2cccc3ccccc23)c(C)c2cc(Cl)ccc21. The molecule has 1 aromatic heterocycles. The molecule has 5 heteroatoms. The van der Waals surface area contributed by atoms with Crippen molar-refractivity contribution >= 4 is 44.9 Å². The fourth-order valence-corrected chi connectivity index (χ4v) is 4.12. The number of hydrogen-bond donors (Lipinski definition) is 2. The molecular formula is C24H24ClN3O. The van der Waals surface area contributed by atoms with E-state index in [0.29, 0.717) is 23.8 Å². The molecule has 1 heterocycles. The van der Waals surface area contributed by atoms with Gasteiger partial charge in [0.15, 0.2) is 0 Å². The van der Waals surface area contributed by atoms with Gasteiger partial charge in [-0.25, -0.2) is 0 Å². The molecule has 29 heavy (non-hydrogen) atoms. The molecule has 0 saturated carbocycles. The van der Waals surface area contributed by atoms with Gasteiger partial charge in [-0.15, -0.1) is 0 Å². The lowest BCUT2D eigenvalue weighted by Crippen LogP contribution is -2.30. The molecule has 0 aliphatic heterocycles. The largest absolute Gasteiger partial charge is 0.383 e. The number of carbonyl (C=O) groups is 1. The number of amides is 1. The monoisotopic (exact) mass is 405 g/mol. The topological polar surface area (TPSA) is 46.1 Å². The van der Waals surface area contributed by atoms with Crippen molar-refractivity contribution in [3.63, 3.8) is 0 Å². The van der Waals surface area contributed by atoms with Crippen molar-refractivity contribution in [2.24, 2.45) is 0 Å². The lowest BCUT2D eigenvalue weighted by atomic mass is 10.1. The first-order valence-electron chi connectivity index (χ1n) is 9.88. The van der Waals surface area contributed by atoms with E-state index >= 15 is 0 Å². The summed E-state index contributed by atoms with van der Waals surface area (Å²) in [6.07, 6.45) is 0. The Bertz CT molecular complexity index is 1190. The number of aryl methyl sites for hydroxylation is 2. The zero-order valence-corrected chi connectivity index (χ0v) is 17.4. The van der Waals surface area contributed by atoms with E-state index in [1.807, 2.05) is 50.2 Å². The Labute approximate surface area is 175 Å². The number of benzene rings is 3. The Kier molecular flexibility index (Phi) is 5.45. The second kappa shape index (κ2) is 8.18. The van der Waals surface area contributed by atoms with Crippen LogP contribution in [0.5, 0.6) is 0 Å². The Morgan fingerprint density at radius 3 is 2.62 bits per heavy atom. The van der Waals surface area contributed by atoms with Gasteiger partial charge in [0.1, 0.15) is 5.69 Å². The van der Waals surface area contributed by atoms with Gasteiger partial charge < -0.3 is 15.2 Å². The van der Waals surface area contributed by atoms with Gasteiger partial charge in [0, 0.05) is 46.6 Å². The Morgan fingerprint density at radius 2 is 1.79 bits per heavy atom. The van der Waals surface area contributed by atoms with Gasteiger partial charge in [-0.1, -0.05) is 48.0 Å². The highest BCUT2D eigenvalue weighted by atomic mass is 35.5. The highest BCUT2D eigenvalue weighted by Gasteiger charge is 2.19. The second-order valence-electron chi connectivity index (χ2n) is 7.09. The lowest BCUT2D eigenvalue weighted by Gasteiger charge is -2.12. The first kappa shape index (κ1) is 19.3. The molecule has 1 amide bonds. The number of nitrogens with one attached hydrogen (secondary N) is 2. The van der Waals surface area contributed by atoms with Crippen LogP contribution in [0.15, 0.2) is 60.7 Å². The first-order valence-corrected chi connectivity index (χ1v) is 10.3. The van der Waals surface area contributed by atoms with Crippen LogP contribution in [0, 0.1) is 6.92 Å². The summed E-state index contributed by atoms with van der Waals surface area (Å²) in [6.45, 7) is 5.94. The van der Waals surface area contributed by atoms with Crippen LogP contribution in [0.2, 0.25) is 5.02 Å². The number of rotatable bonds is 6. The van der Waals surface area contributed by atoms with E-state index in [1.54, 1.807) is 0 Å². The molecule has 0 atom stereocenters. The minimum absolute atomic E-state index is 0.0589. The summed E-state index contributed by atoms with van der Waals surface area (Å²) in [7, 11) is 0. The lowest BCUT2D eigenvalue weighted by molar-refractivity contribution is 0.0946. The Morgan fingerprint density at radius 1 is 1.00 bits per heavy atom. The summed E-state index contributed by atoms with van der Waals surface area (Å²) in [5.41, 5.74) is 3.78. The molecule has 0 unspecified atom stereocenters. The summed E-state index contributed by atoms with van der Waals surface area (Å²) in [5, 5.41) is 10.6. The van der Waals surface area contributed by atoms with Crippen molar-refractivity contribution in [3.8, 4) is 0 Å². The number of halogens is 1. The van der Waals surface area contributed by atoms with Crippen LogP contribution in [0.1, 0.15) is 23.0 Å². The molecule has 0 aliphatic rings. The van der Waals surface area contributed by atoms with E-state index in [1.165, 1.54) is 10.8 Å². The molecule has 0 spiro atoms. The normalized spacial score (nSPS) is 11.1. The second-order valence-corrected chi connectivity index (χ2v) is 7.53. The minimum Gasteiger partial charge on any atom is -0.383 e. The van der Waals surface area contributed by atoms with Crippen molar-refractivity contribution in [3.05, 3.63) is 76.9 Å². The van der Waals surface area contributed by atoms with Crippen molar-refractivity contribution in [1.82, 2.24) is 9.88 Å². The number of hydrogen-bond acceptors (Lipinski definition) is 2. The van der Waals surface area contributed by atoms with Crippen molar-refractivity contribution < 1.29 is 4.79 Å². The molecule has 4 aromatic rings. The average molecular weight is 406 g/mol. The molecule has 0 bridgehead atoms. The predicted molar refractivity (Wildman–Crippen MR) is 122 cm³/mol. The zero-order chi connectivity index (χ0) is 20.4. The smallest absolute Gasteiger partial charge is 0.268 e. The van der Waals surface area contributed by atoms with E-state index in [4.69, 9.17) is 11.6 Å². The summed E-state index contributed by atoms with van der Waals surface area (Å²) < 4.78 is 2.05. The maximum atomic E-state index is 12.9. The van der Waals surface area contributed by atoms with Gasteiger partial charge in [0.05, 0.1) is 0 Å². The molecule has 3 aromatic carbocycles. The summed E-state index contributed by atoms with van der Waals surface area (Å²) >= 11 is 6.16. The van der Waals surface area contributed by atoms with Crippen LogP contribution in [0.4, 0.5) is 5.69 Å². The third-order valence-corrected chi connectivity index (χ3v) is 5.56. The number of fused-ring (bicyclic) bond motifs is 2. The fourth-order valence-electron chi connectivity index (χ4n) is 3.95. The van der Waals surface area contributed by atoms with Crippen LogP contribution in [-0.2, 0) is 6.54 Å². The van der Waals surface area contributed by atoms with Crippen LogP contribution >= 0.6 is 11.6 Å². The molecule has 148 valence electrons. The summed E-state index contributed by atoms with van der Waals surface area (Å²) in [4.78, 5) is 12.9. The maximum absolute atomic E-state index is 12.9. The highest BCUT2D eigenvalue weighted by Crippen LogP contribution is 2.28. The highest BCUT2D eigenvalue weighted by molar-refractivity contribution is 6.31. The predicted octanol–water partition coefficient (Wildman–Crippen LogP) is 5.62. The number of nitrogens with zero attached hydrogens (tertiary/aromatic N) is 1. The van der Waals surface area contributed by atoms with E-state index < -0.39 is 0 Å². The first-order chi connectivity index (χ1) is 14.1. The molecule has 4 rings (SSSR count). The number of anilines is 1. The zero-order valence-electron chi connectivity index (χ0n) is 16.6. The van der Waals surface area contributed by atoms with E-state index in [2.05, 4.69) is 39.5 Å². The third-order valence-electron chi connectivity index (χ3n) is 5.33. The van der Waals surface area contributed by atoms with Gasteiger partial charge in [-0.05, 0) is 49.1 Å². The molecule has 0 aliphatic carbocycles. The van der Waals surface area contributed by atoms with Crippen molar-refractivity contribution in [1.29, 1.82) is 0 Å². The fraction of sp³-hybridized carbons (Fsp3) is 0.208. The molecule has 0 fully saturated rings. The minimum atomic E-state index is -0.0589. The third kappa shape index (κ3) is 3.68. The Balaban J connectivity index is 1.47. The van der Waals surface area contributed by atoms with Crippen LogP contribution in [0.3, 0.4) is 0 Å². The van der Waals surface area contributed by atoms with Gasteiger partial charge in [0.2, 0.25) is 0 Å². The maximum Gasteiger partial charge on any atom is 0.268 e. The quantitative estimate of drug-likeness (QED) is 0.409. The van der Waals surface area contributed by atoms with Crippen molar-refractivity contribution in [2.45, 2.75) is 20.4 Å². The Hall–Kier alpha value is -2.98. The van der Waals surface area contributed by atoms with E-state index in [9.17, 15) is 4.79 Å². The molecule has 0 saturated heterocycles. The van der Waals surface area contributed by atoms with Crippen LogP contribution in [0.25, 0.3) is 21.7 Å². The van der Waals surface area contributed by atoms with Gasteiger partial charge >= 0.3 is 0 Å². The summed E-state index contributed by atoms with van der Waals surface area (Å²) in [5.74, 6) is -0.0589.